The molecule has 3 heteroatoms. The lowest BCUT2D eigenvalue weighted by molar-refractivity contribution is -0.146. The van der Waals surface area contributed by atoms with Crippen molar-refractivity contribution < 1.29 is 14.3 Å². The summed E-state index contributed by atoms with van der Waals surface area (Å²) in [6.07, 6.45) is 8.98. The third kappa shape index (κ3) is 10.3. The van der Waals surface area contributed by atoms with E-state index in [0.29, 0.717) is 6.61 Å². The first-order valence-electron chi connectivity index (χ1n) is 6.88. The van der Waals surface area contributed by atoms with E-state index in [9.17, 15) is 4.79 Å². The van der Waals surface area contributed by atoms with Crippen molar-refractivity contribution in [2.75, 3.05) is 20.3 Å². The van der Waals surface area contributed by atoms with Gasteiger partial charge in [-0.25, -0.2) is 0 Å². The summed E-state index contributed by atoms with van der Waals surface area (Å²) in [6.45, 7) is 5.30. The van der Waals surface area contributed by atoms with E-state index in [4.69, 9.17) is 4.74 Å². The topological polar surface area (TPSA) is 35.5 Å². The first-order chi connectivity index (χ1) is 8.22. The second-order valence-electron chi connectivity index (χ2n) is 4.62. The van der Waals surface area contributed by atoms with Crippen LogP contribution < -0.4 is 0 Å². The van der Waals surface area contributed by atoms with Gasteiger partial charge in [0.15, 0.2) is 0 Å². The summed E-state index contributed by atoms with van der Waals surface area (Å²) >= 11 is 0. The van der Waals surface area contributed by atoms with Gasteiger partial charge in [-0.1, -0.05) is 45.4 Å². The zero-order chi connectivity index (χ0) is 12.9. The van der Waals surface area contributed by atoms with Crippen LogP contribution in [0.25, 0.3) is 0 Å². The Labute approximate surface area is 106 Å². The van der Waals surface area contributed by atoms with Crippen LogP contribution in [0.15, 0.2) is 0 Å². The quantitative estimate of drug-likeness (QED) is 0.412. The molecule has 0 aromatic carbocycles. The molecular weight excluding hydrogens is 216 g/mol. The minimum absolute atomic E-state index is 0.149. The van der Waals surface area contributed by atoms with Crippen molar-refractivity contribution in [1.82, 2.24) is 0 Å². The normalized spacial score (nSPS) is 12.4. The first kappa shape index (κ1) is 16.4. The van der Waals surface area contributed by atoms with Crippen LogP contribution in [0.1, 0.15) is 58.8 Å². The van der Waals surface area contributed by atoms with E-state index < -0.39 is 0 Å². The molecular formula is C14H28O3. The SMILES string of the molecule is CCCCCCCCCOCC(C)C(=O)OC. The van der Waals surface area contributed by atoms with Gasteiger partial charge in [0, 0.05) is 6.61 Å². The summed E-state index contributed by atoms with van der Waals surface area (Å²) in [5.74, 6) is -0.339. The molecule has 0 saturated carbocycles. The lowest BCUT2D eigenvalue weighted by atomic mass is 10.1. The summed E-state index contributed by atoms with van der Waals surface area (Å²) in [7, 11) is 1.41. The summed E-state index contributed by atoms with van der Waals surface area (Å²) in [4.78, 5) is 11.1. The second-order valence-corrected chi connectivity index (χ2v) is 4.62. The van der Waals surface area contributed by atoms with Crippen molar-refractivity contribution in [3.05, 3.63) is 0 Å². The van der Waals surface area contributed by atoms with Gasteiger partial charge in [-0.15, -0.1) is 0 Å². The van der Waals surface area contributed by atoms with Gasteiger partial charge in [-0.05, 0) is 13.3 Å². The number of methoxy groups -OCH3 is 1. The Morgan fingerprint density at radius 1 is 1.06 bits per heavy atom. The van der Waals surface area contributed by atoms with E-state index in [2.05, 4.69) is 11.7 Å². The van der Waals surface area contributed by atoms with Crippen molar-refractivity contribution in [3.63, 3.8) is 0 Å². The molecule has 0 rings (SSSR count). The smallest absolute Gasteiger partial charge is 0.310 e. The predicted molar refractivity (Wildman–Crippen MR) is 70.0 cm³/mol. The molecule has 0 aromatic heterocycles. The van der Waals surface area contributed by atoms with E-state index in [0.717, 1.165) is 13.0 Å². The number of carbonyl (C=O) groups excluding carboxylic acids is 1. The molecule has 102 valence electrons. The number of esters is 1. The van der Waals surface area contributed by atoms with Gasteiger partial charge in [0.2, 0.25) is 0 Å². The molecule has 0 saturated heterocycles. The molecule has 0 aliphatic heterocycles. The molecule has 0 bridgehead atoms. The lowest BCUT2D eigenvalue weighted by Gasteiger charge is -2.09. The predicted octanol–water partition coefficient (Wildman–Crippen LogP) is 3.56. The maximum atomic E-state index is 11.1. The second kappa shape index (κ2) is 11.9. The fraction of sp³-hybridized carbons (Fsp3) is 0.929. The fourth-order valence-corrected chi connectivity index (χ4v) is 1.69. The zero-order valence-corrected chi connectivity index (χ0v) is 11.7. The van der Waals surface area contributed by atoms with Crippen LogP contribution in [0, 0.1) is 5.92 Å². The van der Waals surface area contributed by atoms with Crippen molar-refractivity contribution >= 4 is 5.97 Å². The third-order valence-electron chi connectivity index (χ3n) is 2.86. The van der Waals surface area contributed by atoms with Gasteiger partial charge in [-0.2, -0.15) is 0 Å². The molecule has 0 aliphatic carbocycles. The highest BCUT2D eigenvalue weighted by molar-refractivity contribution is 5.71. The van der Waals surface area contributed by atoms with Gasteiger partial charge in [0.1, 0.15) is 0 Å². The molecule has 3 nitrogen and oxygen atoms in total. The third-order valence-corrected chi connectivity index (χ3v) is 2.86. The van der Waals surface area contributed by atoms with Crippen LogP contribution in [-0.4, -0.2) is 26.3 Å². The molecule has 0 N–H and O–H groups in total. The number of rotatable bonds is 11. The fourth-order valence-electron chi connectivity index (χ4n) is 1.69. The molecule has 0 fully saturated rings. The van der Waals surface area contributed by atoms with E-state index in [-0.39, 0.29) is 11.9 Å². The summed E-state index contributed by atoms with van der Waals surface area (Å²) in [5, 5.41) is 0. The van der Waals surface area contributed by atoms with Crippen molar-refractivity contribution in [2.24, 2.45) is 5.92 Å². The van der Waals surface area contributed by atoms with Gasteiger partial charge in [0.05, 0.1) is 19.6 Å². The molecule has 1 unspecified atom stereocenters. The van der Waals surface area contributed by atoms with Crippen LogP contribution in [0.4, 0.5) is 0 Å². The van der Waals surface area contributed by atoms with Crippen molar-refractivity contribution in [3.8, 4) is 0 Å². The molecule has 0 amide bonds. The Kier molecular flexibility index (Phi) is 11.5. The standard InChI is InChI=1S/C14H28O3/c1-4-5-6-7-8-9-10-11-17-12-13(2)14(15)16-3/h13H,4-12H2,1-3H3. The highest BCUT2D eigenvalue weighted by Crippen LogP contribution is 2.07. The van der Waals surface area contributed by atoms with E-state index in [1.165, 1.54) is 45.6 Å². The van der Waals surface area contributed by atoms with Gasteiger partial charge in [0.25, 0.3) is 0 Å². The van der Waals surface area contributed by atoms with E-state index >= 15 is 0 Å². The Bertz CT molecular complexity index is 180. The molecule has 0 aromatic rings. The Morgan fingerprint density at radius 2 is 1.65 bits per heavy atom. The summed E-state index contributed by atoms with van der Waals surface area (Å²) in [5.41, 5.74) is 0. The van der Waals surface area contributed by atoms with Gasteiger partial charge < -0.3 is 9.47 Å². The first-order valence-corrected chi connectivity index (χ1v) is 6.88. The highest BCUT2D eigenvalue weighted by atomic mass is 16.5. The number of ether oxygens (including phenoxy) is 2. The molecule has 0 aliphatic rings. The van der Waals surface area contributed by atoms with Crippen molar-refractivity contribution in [1.29, 1.82) is 0 Å². The van der Waals surface area contributed by atoms with E-state index in [1.807, 2.05) is 6.92 Å². The van der Waals surface area contributed by atoms with Crippen LogP contribution in [-0.2, 0) is 14.3 Å². The maximum absolute atomic E-state index is 11.1. The number of hydrogen-bond donors (Lipinski definition) is 0. The van der Waals surface area contributed by atoms with Crippen LogP contribution >= 0.6 is 0 Å². The molecule has 0 radical (unpaired) electrons. The van der Waals surface area contributed by atoms with Gasteiger partial charge in [-0.3, -0.25) is 4.79 Å². The van der Waals surface area contributed by atoms with E-state index in [1.54, 1.807) is 0 Å². The Hall–Kier alpha value is -0.570. The van der Waals surface area contributed by atoms with Gasteiger partial charge >= 0.3 is 5.97 Å². The van der Waals surface area contributed by atoms with Crippen LogP contribution in [0.3, 0.4) is 0 Å². The zero-order valence-electron chi connectivity index (χ0n) is 11.7. The average Bonchev–Trinajstić information content (AvgIpc) is 2.35. The number of carbonyl (C=O) groups is 1. The van der Waals surface area contributed by atoms with Crippen molar-refractivity contribution in [2.45, 2.75) is 58.8 Å². The summed E-state index contributed by atoms with van der Waals surface area (Å²) in [6, 6.07) is 0. The molecule has 0 heterocycles. The lowest BCUT2D eigenvalue weighted by Crippen LogP contribution is -2.18. The van der Waals surface area contributed by atoms with Crippen LogP contribution in [0.5, 0.6) is 0 Å². The average molecular weight is 244 g/mol. The summed E-state index contributed by atoms with van der Waals surface area (Å²) < 4.78 is 10.1. The minimum atomic E-state index is -0.190. The monoisotopic (exact) mass is 244 g/mol. The maximum Gasteiger partial charge on any atom is 0.310 e. The van der Waals surface area contributed by atoms with Crippen LogP contribution in [0.2, 0.25) is 0 Å². The molecule has 0 spiro atoms. The Morgan fingerprint density at radius 3 is 2.24 bits per heavy atom. The minimum Gasteiger partial charge on any atom is -0.469 e. The number of unbranched alkanes of at least 4 members (excludes halogenated alkanes) is 6. The number of hydrogen-bond acceptors (Lipinski definition) is 3. The molecule has 17 heavy (non-hydrogen) atoms. The molecule has 1 atom stereocenters. The largest absolute Gasteiger partial charge is 0.469 e. The Balaban J connectivity index is 3.15. The highest BCUT2D eigenvalue weighted by Gasteiger charge is 2.12.